The quantitative estimate of drug-likeness (QED) is 0.635. The highest BCUT2D eigenvalue weighted by molar-refractivity contribution is 6.07. The van der Waals surface area contributed by atoms with Crippen LogP contribution in [0.3, 0.4) is 0 Å². The first kappa shape index (κ1) is 8.94. The number of nitrogens with zero attached hydrogens (tertiary/aromatic N) is 1. The van der Waals surface area contributed by atoms with E-state index >= 15 is 0 Å². The summed E-state index contributed by atoms with van der Waals surface area (Å²) in [5.74, 6) is -0.450. The molecule has 14 heavy (non-hydrogen) atoms. The Morgan fingerprint density at radius 3 is 2.79 bits per heavy atom. The molecular weight excluding hydrogens is 181 g/mol. The van der Waals surface area contributed by atoms with Crippen molar-refractivity contribution in [3.63, 3.8) is 0 Å². The van der Waals surface area contributed by atoms with Crippen molar-refractivity contribution in [3.05, 3.63) is 35.8 Å². The van der Waals surface area contributed by atoms with Gasteiger partial charge in [0.1, 0.15) is 5.82 Å². The zero-order valence-electron chi connectivity index (χ0n) is 8.04. The van der Waals surface area contributed by atoms with Crippen molar-refractivity contribution in [1.29, 1.82) is 0 Å². The lowest BCUT2D eigenvalue weighted by Crippen LogP contribution is -1.90. The van der Waals surface area contributed by atoms with Crippen molar-refractivity contribution in [1.82, 2.24) is 4.57 Å². The second kappa shape index (κ2) is 2.94. The fraction of sp³-hybridized carbons (Fsp3) is 0.182. The standard InChI is InChI=1S/C11H10FNO/c1-7(14)8-6-13(2)10-5-3-4-9(12)11(8)10/h3-6H,1-2H3. The van der Waals surface area contributed by atoms with Crippen molar-refractivity contribution in [2.24, 2.45) is 7.05 Å². The van der Waals surface area contributed by atoms with E-state index in [1.165, 1.54) is 13.0 Å². The van der Waals surface area contributed by atoms with Crippen molar-refractivity contribution < 1.29 is 9.18 Å². The van der Waals surface area contributed by atoms with E-state index in [9.17, 15) is 9.18 Å². The van der Waals surface area contributed by atoms with Crippen LogP contribution in [0.5, 0.6) is 0 Å². The Labute approximate surface area is 81.0 Å². The second-order valence-electron chi connectivity index (χ2n) is 3.34. The number of aryl methyl sites for hydroxylation is 1. The topological polar surface area (TPSA) is 22.0 Å². The molecule has 1 heterocycles. The van der Waals surface area contributed by atoms with Gasteiger partial charge in [0.25, 0.3) is 0 Å². The summed E-state index contributed by atoms with van der Waals surface area (Å²) in [5, 5.41) is 0.419. The average Bonchev–Trinajstić information content (AvgIpc) is 2.46. The molecule has 0 aliphatic heterocycles. The third-order valence-electron chi connectivity index (χ3n) is 2.34. The first-order valence-electron chi connectivity index (χ1n) is 4.35. The highest BCUT2D eigenvalue weighted by atomic mass is 19.1. The number of fused-ring (bicyclic) bond motifs is 1. The third-order valence-corrected chi connectivity index (χ3v) is 2.34. The Morgan fingerprint density at radius 2 is 2.14 bits per heavy atom. The molecule has 0 saturated carbocycles. The van der Waals surface area contributed by atoms with Gasteiger partial charge in [-0.1, -0.05) is 6.07 Å². The van der Waals surface area contributed by atoms with Crippen LogP contribution in [0, 0.1) is 5.82 Å². The lowest BCUT2D eigenvalue weighted by molar-refractivity contribution is 0.101. The molecule has 0 bridgehead atoms. The molecule has 0 aliphatic carbocycles. The van der Waals surface area contributed by atoms with Gasteiger partial charge in [0.05, 0.1) is 5.52 Å². The Balaban J connectivity index is 2.93. The number of hydrogen-bond acceptors (Lipinski definition) is 1. The molecule has 72 valence electrons. The molecule has 0 saturated heterocycles. The van der Waals surface area contributed by atoms with Crippen LogP contribution in [0.4, 0.5) is 4.39 Å². The molecule has 0 fully saturated rings. The molecule has 0 atom stereocenters. The number of Topliss-reactive ketones (excluding diaryl/α,β-unsaturated/α-hetero) is 1. The van der Waals surface area contributed by atoms with E-state index in [2.05, 4.69) is 0 Å². The van der Waals surface area contributed by atoms with Crippen LogP contribution in [0.25, 0.3) is 10.9 Å². The molecule has 0 N–H and O–H groups in total. The molecule has 2 nitrogen and oxygen atoms in total. The number of benzene rings is 1. The van der Waals surface area contributed by atoms with Gasteiger partial charge < -0.3 is 4.57 Å². The second-order valence-corrected chi connectivity index (χ2v) is 3.34. The normalized spacial score (nSPS) is 10.8. The van der Waals surface area contributed by atoms with Gasteiger partial charge in [-0.2, -0.15) is 0 Å². The minimum Gasteiger partial charge on any atom is -0.350 e. The van der Waals surface area contributed by atoms with E-state index in [1.54, 1.807) is 29.9 Å². The van der Waals surface area contributed by atoms with Crippen LogP contribution in [0.1, 0.15) is 17.3 Å². The van der Waals surface area contributed by atoms with Crippen LogP contribution < -0.4 is 0 Å². The molecule has 1 aromatic carbocycles. The van der Waals surface area contributed by atoms with Gasteiger partial charge in [-0.3, -0.25) is 4.79 Å². The highest BCUT2D eigenvalue weighted by Gasteiger charge is 2.13. The first-order valence-corrected chi connectivity index (χ1v) is 4.35. The summed E-state index contributed by atoms with van der Waals surface area (Å²) in [4.78, 5) is 11.2. The third kappa shape index (κ3) is 1.13. The van der Waals surface area contributed by atoms with Gasteiger partial charge in [0, 0.05) is 24.2 Å². The number of carbonyl (C=O) groups excluding carboxylic acids is 1. The monoisotopic (exact) mass is 191 g/mol. The Kier molecular flexibility index (Phi) is 1.88. The van der Waals surface area contributed by atoms with Crippen molar-refractivity contribution >= 4 is 16.7 Å². The van der Waals surface area contributed by atoms with Crippen LogP contribution in [-0.2, 0) is 7.05 Å². The van der Waals surface area contributed by atoms with E-state index in [-0.39, 0.29) is 11.6 Å². The number of ketones is 1. The summed E-state index contributed by atoms with van der Waals surface area (Å²) >= 11 is 0. The molecule has 1 aromatic heterocycles. The molecule has 0 spiro atoms. The van der Waals surface area contributed by atoms with Crippen LogP contribution in [-0.4, -0.2) is 10.4 Å². The summed E-state index contributed by atoms with van der Waals surface area (Å²) in [6.07, 6.45) is 1.66. The molecule has 2 rings (SSSR count). The van der Waals surface area contributed by atoms with E-state index in [0.29, 0.717) is 10.9 Å². The Bertz CT molecular complexity index is 513. The smallest absolute Gasteiger partial charge is 0.162 e. The lowest BCUT2D eigenvalue weighted by atomic mass is 10.1. The fourth-order valence-corrected chi connectivity index (χ4v) is 1.67. The maximum absolute atomic E-state index is 13.5. The number of aromatic nitrogens is 1. The minimum atomic E-state index is -0.340. The molecule has 0 unspecified atom stereocenters. The van der Waals surface area contributed by atoms with Gasteiger partial charge in [0.2, 0.25) is 0 Å². The summed E-state index contributed by atoms with van der Waals surface area (Å²) < 4.78 is 15.2. The zero-order chi connectivity index (χ0) is 10.3. The molecule has 0 radical (unpaired) electrons. The highest BCUT2D eigenvalue weighted by Crippen LogP contribution is 2.23. The van der Waals surface area contributed by atoms with Gasteiger partial charge in [-0.25, -0.2) is 4.39 Å². The minimum absolute atomic E-state index is 0.110. The van der Waals surface area contributed by atoms with Crippen molar-refractivity contribution in [3.8, 4) is 0 Å². The largest absolute Gasteiger partial charge is 0.350 e. The maximum Gasteiger partial charge on any atom is 0.162 e. The summed E-state index contributed by atoms with van der Waals surface area (Å²) in [6, 6.07) is 4.81. The van der Waals surface area contributed by atoms with Crippen molar-refractivity contribution in [2.45, 2.75) is 6.92 Å². The zero-order valence-corrected chi connectivity index (χ0v) is 8.04. The van der Waals surface area contributed by atoms with E-state index in [0.717, 1.165) is 5.52 Å². The fourth-order valence-electron chi connectivity index (χ4n) is 1.67. The molecular formula is C11H10FNO. The molecule has 0 amide bonds. The van der Waals surface area contributed by atoms with E-state index in [1.807, 2.05) is 0 Å². The average molecular weight is 191 g/mol. The Hall–Kier alpha value is -1.64. The molecule has 3 heteroatoms. The molecule has 0 aliphatic rings. The van der Waals surface area contributed by atoms with Crippen LogP contribution in [0.2, 0.25) is 0 Å². The molecule has 2 aromatic rings. The first-order chi connectivity index (χ1) is 6.61. The predicted octanol–water partition coefficient (Wildman–Crippen LogP) is 2.52. The predicted molar refractivity (Wildman–Crippen MR) is 52.9 cm³/mol. The van der Waals surface area contributed by atoms with Crippen LogP contribution in [0.15, 0.2) is 24.4 Å². The SMILES string of the molecule is CC(=O)c1cn(C)c2cccc(F)c12. The van der Waals surface area contributed by atoms with Crippen LogP contribution >= 0.6 is 0 Å². The summed E-state index contributed by atoms with van der Waals surface area (Å²) in [5.41, 5.74) is 1.19. The number of carbonyl (C=O) groups is 1. The number of halogens is 1. The summed E-state index contributed by atoms with van der Waals surface area (Å²) in [7, 11) is 1.80. The van der Waals surface area contributed by atoms with Gasteiger partial charge >= 0.3 is 0 Å². The van der Waals surface area contributed by atoms with Gasteiger partial charge in [-0.05, 0) is 19.1 Å². The van der Waals surface area contributed by atoms with Crippen molar-refractivity contribution in [2.75, 3.05) is 0 Å². The summed E-state index contributed by atoms with van der Waals surface area (Å²) in [6.45, 7) is 1.45. The lowest BCUT2D eigenvalue weighted by Gasteiger charge is -1.96. The van der Waals surface area contributed by atoms with E-state index in [4.69, 9.17) is 0 Å². The van der Waals surface area contributed by atoms with Gasteiger partial charge in [-0.15, -0.1) is 0 Å². The Morgan fingerprint density at radius 1 is 1.43 bits per heavy atom. The van der Waals surface area contributed by atoms with Gasteiger partial charge in [0.15, 0.2) is 5.78 Å². The van der Waals surface area contributed by atoms with E-state index < -0.39 is 0 Å². The number of rotatable bonds is 1. The maximum atomic E-state index is 13.5. The number of hydrogen-bond donors (Lipinski definition) is 0.